The Labute approximate surface area is 112 Å². The fourth-order valence-electron chi connectivity index (χ4n) is 3.36. The maximum absolute atomic E-state index is 13.8. The van der Waals surface area contributed by atoms with Crippen LogP contribution in [-0.2, 0) is 7.05 Å². The van der Waals surface area contributed by atoms with Crippen molar-refractivity contribution in [2.45, 2.75) is 31.6 Å². The van der Waals surface area contributed by atoms with Crippen LogP contribution in [0, 0.1) is 11.7 Å². The lowest BCUT2D eigenvalue weighted by molar-refractivity contribution is 0.301. The first-order chi connectivity index (χ1) is 9.22. The number of benzene rings is 1. The molecule has 3 nitrogen and oxygen atoms in total. The SMILES string of the molecule is Cn1c(C2CCCCC2CN)nc2c(F)cccc21. The molecule has 1 aromatic heterocycles. The van der Waals surface area contributed by atoms with Crippen molar-refractivity contribution < 1.29 is 4.39 Å². The summed E-state index contributed by atoms with van der Waals surface area (Å²) in [5.41, 5.74) is 7.25. The van der Waals surface area contributed by atoms with Gasteiger partial charge in [-0.3, -0.25) is 0 Å². The summed E-state index contributed by atoms with van der Waals surface area (Å²) in [6.45, 7) is 0.691. The Morgan fingerprint density at radius 2 is 2.16 bits per heavy atom. The summed E-state index contributed by atoms with van der Waals surface area (Å²) >= 11 is 0. The van der Waals surface area contributed by atoms with Crippen LogP contribution in [0.4, 0.5) is 4.39 Å². The Morgan fingerprint density at radius 3 is 2.89 bits per heavy atom. The van der Waals surface area contributed by atoms with Gasteiger partial charge in [-0.15, -0.1) is 0 Å². The lowest BCUT2D eigenvalue weighted by atomic mass is 9.79. The largest absolute Gasteiger partial charge is 0.331 e. The van der Waals surface area contributed by atoms with E-state index in [9.17, 15) is 4.39 Å². The highest BCUT2D eigenvalue weighted by Crippen LogP contribution is 2.37. The molecule has 0 bridgehead atoms. The maximum Gasteiger partial charge on any atom is 0.151 e. The Balaban J connectivity index is 2.09. The smallest absolute Gasteiger partial charge is 0.151 e. The standard InChI is InChI=1S/C15H20FN3/c1-19-13-8-4-7-12(16)14(13)18-15(19)11-6-3-2-5-10(11)9-17/h4,7-8,10-11H,2-3,5-6,9,17H2,1H3. The normalized spacial score (nSPS) is 23.9. The lowest BCUT2D eigenvalue weighted by Crippen LogP contribution is -2.27. The molecule has 0 radical (unpaired) electrons. The first-order valence-corrected chi connectivity index (χ1v) is 7.03. The summed E-state index contributed by atoms with van der Waals surface area (Å²) in [6.07, 6.45) is 4.73. The third-order valence-electron chi connectivity index (χ3n) is 4.44. The summed E-state index contributed by atoms with van der Waals surface area (Å²) < 4.78 is 15.9. The zero-order valence-corrected chi connectivity index (χ0v) is 11.3. The molecule has 2 N–H and O–H groups in total. The lowest BCUT2D eigenvalue weighted by Gasteiger charge is -2.30. The number of imidazole rings is 1. The number of hydrogen-bond acceptors (Lipinski definition) is 2. The maximum atomic E-state index is 13.8. The molecule has 19 heavy (non-hydrogen) atoms. The van der Waals surface area contributed by atoms with Crippen LogP contribution in [0.1, 0.15) is 37.4 Å². The van der Waals surface area contributed by atoms with E-state index in [4.69, 9.17) is 5.73 Å². The quantitative estimate of drug-likeness (QED) is 0.903. The van der Waals surface area contributed by atoms with Crippen molar-refractivity contribution in [2.75, 3.05) is 6.54 Å². The minimum Gasteiger partial charge on any atom is -0.331 e. The summed E-state index contributed by atoms with van der Waals surface area (Å²) in [6, 6.07) is 5.14. The zero-order valence-electron chi connectivity index (χ0n) is 11.3. The van der Waals surface area contributed by atoms with Gasteiger partial charge in [-0.2, -0.15) is 0 Å². The topological polar surface area (TPSA) is 43.8 Å². The van der Waals surface area contributed by atoms with Crippen LogP contribution in [0.3, 0.4) is 0 Å². The number of fused-ring (bicyclic) bond motifs is 1. The highest BCUT2D eigenvalue weighted by Gasteiger charge is 2.29. The molecule has 1 heterocycles. The number of hydrogen-bond donors (Lipinski definition) is 1. The van der Waals surface area contributed by atoms with E-state index < -0.39 is 0 Å². The van der Waals surface area contributed by atoms with E-state index in [0.29, 0.717) is 23.9 Å². The summed E-state index contributed by atoms with van der Waals surface area (Å²) in [5.74, 6) is 1.61. The number of nitrogens with two attached hydrogens (primary N) is 1. The van der Waals surface area contributed by atoms with Crippen molar-refractivity contribution in [1.82, 2.24) is 9.55 Å². The molecule has 1 aromatic carbocycles. The van der Waals surface area contributed by atoms with Gasteiger partial charge in [0, 0.05) is 13.0 Å². The van der Waals surface area contributed by atoms with E-state index in [1.165, 1.54) is 18.9 Å². The van der Waals surface area contributed by atoms with Crippen LogP contribution in [-0.4, -0.2) is 16.1 Å². The third-order valence-corrected chi connectivity index (χ3v) is 4.44. The average molecular weight is 261 g/mol. The van der Waals surface area contributed by atoms with Crippen molar-refractivity contribution in [3.05, 3.63) is 29.8 Å². The van der Waals surface area contributed by atoms with Gasteiger partial charge < -0.3 is 10.3 Å². The molecule has 0 aliphatic heterocycles. The van der Waals surface area contributed by atoms with Gasteiger partial charge in [0.25, 0.3) is 0 Å². The molecular formula is C15H20FN3. The molecule has 0 spiro atoms. The van der Waals surface area contributed by atoms with Gasteiger partial charge in [0.05, 0.1) is 5.52 Å². The summed E-state index contributed by atoms with van der Waals surface area (Å²) in [7, 11) is 1.98. The average Bonchev–Trinajstić information content (AvgIpc) is 2.78. The first-order valence-electron chi connectivity index (χ1n) is 7.03. The molecule has 0 saturated heterocycles. The third kappa shape index (κ3) is 2.04. The van der Waals surface area contributed by atoms with Crippen LogP contribution in [0.5, 0.6) is 0 Å². The molecular weight excluding hydrogens is 241 g/mol. The zero-order chi connectivity index (χ0) is 13.4. The molecule has 2 unspecified atom stereocenters. The van der Waals surface area contributed by atoms with E-state index in [1.54, 1.807) is 6.07 Å². The molecule has 4 heteroatoms. The molecule has 3 rings (SSSR count). The Hall–Kier alpha value is -1.42. The van der Waals surface area contributed by atoms with Gasteiger partial charge in [-0.25, -0.2) is 9.37 Å². The molecule has 2 atom stereocenters. The van der Waals surface area contributed by atoms with Crippen molar-refractivity contribution in [3.63, 3.8) is 0 Å². The fourth-order valence-corrected chi connectivity index (χ4v) is 3.36. The van der Waals surface area contributed by atoms with Gasteiger partial charge in [0.2, 0.25) is 0 Å². The van der Waals surface area contributed by atoms with Gasteiger partial charge in [-0.05, 0) is 37.4 Å². The fraction of sp³-hybridized carbons (Fsp3) is 0.533. The van der Waals surface area contributed by atoms with Crippen molar-refractivity contribution in [2.24, 2.45) is 18.7 Å². The molecule has 0 amide bonds. The van der Waals surface area contributed by atoms with Crippen LogP contribution >= 0.6 is 0 Å². The van der Waals surface area contributed by atoms with Gasteiger partial charge in [0.15, 0.2) is 5.82 Å². The minimum atomic E-state index is -0.237. The van der Waals surface area contributed by atoms with Crippen LogP contribution in [0.25, 0.3) is 11.0 Å². The molecule has 102 valence electrons. The number of aromatic nitrogens is 2. The number of nitrogens with zero attached hydrogens (tertiary/aromatic N) is 2. The Morgan fingerprint density at radius 1 is 1.37 bits per heavy atom. The summed E-state index contributed by atoms with van der Waals surface area (Å²) in [4.78, 5) is 4.57. The van der Waals surface area contributed by atoms with Crippen molar-refractivity contribution in [1.29, 1.82) is 0 Å². The predicted molar refractivity (Wildman–Crippen MR) is 74.4 cm³/mol. The van der Waals surface area contributed by atoms with E-state index >= 15 is 0 Å². The minimum absolute atomic E-state index is 0.237. The van der Waals surface area contributed by atoms with Crippen LogP contribution in [0.15, 0.2) is 18.2 Å². The number of halogens is 1. The second-order valence-electron chi connectivity index (χ2n) is 5.52. The van der Waals surface area contributed by atoms with E-state index in [-0.39, 0.29) is 5.82 Å². The molecule has 1 saturated carbocycles. The van der Waals surface area contributed by atoms with E-state index in [2.05, 4.69) is 4.98 Å². The predicted octanol–water partition coefficient (Wildman–Crippen LogP) is 2.94. The summed E-state index contributed by atoms with van der Waals surface area (Å²) in [5, 5.41) is 0. The van der Waals surface area contributed by atoms with Gasteiger partial charge >= 0.3 is 0 Å². The van der Waals surface area contributed by atoms with Gasteiger partial charge in [0.1, 0.15) is 11.3 Å². The van der Waals surface area contributed by atoms with E-state index in [0.717, 1.165) is 24.2 Å². The second kappa shape index (κ2) is 4.93. The highest BCUT2D eigenvalue weighted by atomic mass is 19.1. The molecule has 1 fully saturated rings. The van der Waals surface area contributed by atoms with Crippen molar-refractivity contribution >= 4 is 11.0 Å². The second-order valence-corrected chi connectivity index (χ2v) is 5.52. The number of rotatable bonds is 2. The number of aryl methyl sites for hydroxylation is 1. The van der Waals surface area contributed by atoms with Crippen LogP contribution in [0.2, 0.25) is 0 Å². The monoisotopic (exact) mass is 261 g/mol. The number of para-hydroxylation sites is 1. The van der Waals surface area contributed by atoms with Crippen molar-refractivity contribution in [3.8, 4) is 0 Å². The first kappa shape index (κ1) is 12.6. The molecule has 2 aromatic rings. The van der Waals surface area contributed by atoms with E-state index in [1.807, 2.05) is 17.7 Å². The Kier molecular flexibility index (Phi) is 3.27. The molecule has 1 aliphatic rings. The highest BCUT2D eigenvalue weighted by molar-refractivity contribution is 5.76. The molecule has 1 aliphatic carbocycles. The Bertz CT molecular complexity index is 590. The van der Waals surface area contributed by atoms with Crippen LogP contribution < -0.4 is 5.73 Å². The van der Waals surface area contributed by atoms with Gasteiger partial charge in [-0.1, -0.05) is 18.9 Å².